The zero-order valence-electron chi connectivity index (χ0n) is 15.3. The van der Waals surface area contributed by atoms with Gasteiger partial charge >= 0.3 is 0 Å². The quantitative estimate of drug-likeness (QED) is 0.857. The first-order chi connectivity index (χ1) is 12.7. The number of rotatable bonds is 6. The van der Waals surface area contributed by atoms with Crippen molar-refractivity contribution in [2.45, 2.75) is 13.3 Å². The summed E-state index contributed by atoms with van der Waals surface area (Å²) in [5, 5.41) is 3.19. The summed E-state index contributed by atoms with van der Waals surface area (Å²) < 4.78 is 5.44. The normalized spacial score (nSPS) is 14.2. The SMILES string of the molecule is CCCNc1cc(C(=O)N2CCN(c3ccccc3OC)CC2)ncn1. The van der Waals surface area contributed by atoms with Crippen LogP contribution >= 0.6 is 0 Å². The molecule has 1 N–H and O–H groups in total. The van der Waals surface area contributed by atoms with Crippen LogP contribution in [0.5, 0.6) is 5.75 Å². The van der Waals surface area contributed by atoms with Crippen molar-refractivity contribution in [3.63, 3.8) is 0 Å². The van der Waals surface area contributed by atoms with E-state index >= 15 is 0 Å². The average Bonchev–Trinajstić information content (AvgIpc) is 2.72. The van der Waals surface area contributed by atoms with Gasteiger partial charge in [-0.05, 0) is 18.6 Å². The molecule has 0 atom stereocenters. The minimum absolute atomic E-state index is 0.0494. The predicted octanol–water partition coefficient (Wildman–Crippen LogP) is 2.27. The third-order valence-corrected chi connectivity index (χ3v) is 4.44. The fourth-order valence-corrected chi connectivity index (χ4v) is 3.03. The molecule has 7 nitrogen and oxygen atoms in total. The molecule has 1 aromatic carbocycles. The maximum Gasteiger partial charge on any atom is 0.272 e. The summed E-state index contributed by atoms with van der Waals surface area (Å²) >= 11 is 0. The van der Waals surface area contributed by atoms with Gasteiger partial charge in [-0.3, -0.25) is 4.79 Å². The first-order valence-electron chi connectivity index (χ1n) is 8.96. The Balaban J connectivity index is 1.63. The number of hydrogen-bond acceptors (Lipinski definition) is 6. The largest absolute Gasteiger partial charge is 0.495 e. The number of carbonyl (C=O) groups is 1. The Hall–Kier alpha value is -2.83. The van der Waals surface area contributed by atoms with E-state index in [0.29, 0.717) is 24.6 Å². The highest BCUT2D eigenvalue weighted by Crippen LogP contribution is 2.28. The summed E-state index contributed by atoms with van der Waals surface area (Å²) in [7, 11) is 1.68. The number of nitrogens with zero attached hydrogens (tertiary/aromatic N) is 4. The molecular formula is C19H25N5O2. The lowest BCUT2D eigenvalue weighted by Crippen LogP contribution is -2.49. The summed E-state index contributed by atoms with van der Waals surface area (Å²) in [6.07, 6.45) is 2.44. The predicted molar refractivity (Wildman–Crippen MR) is 102 cm³/mol. The molecule has 138 valence electrons. The lowest BCUT2D eigenvalue weighted by Gasteiger charge is -2.36. The molecule has 2 heterocycles. The fraction of sp³-hybridized carbons (Fsp3) is 0.421. The fourth-order valence-electron chi connectivity index (χ4n) is 3.03. The van der Waals surface area contributed by atoms with Crippen LogP contribution in [0.25, 0.3) is 0 Å². The van der Waals surface area contributed by atoms with Gasteiger partial charge in [-0.15, -0.1) is 0 Å². The molecule has 0 unspecified atom stereocenters. The Morgan fingerprint density at radius 3 is 2.69 bits per heavy atom. The molecule has 1 amide bonds. The Morgan fingerprint density at radius 2 is 1.96 bits per heavy atom. The van der Waals surface area contributed by atoms with Crippen molar-refractivity contribution in [1.82, 2.24) is 14.9 Å². The summed E-state index contributed by atoms with van der Waals surface area (Å²) in [5.41, 5.74) is 1.50. The number of ether oxygens (including phenoxy) is 1. The van der Waals surface area contributed by atoms with Crippen LogP contribution in [0.4, 0.5) is 11.5 Å². The van der Waals surface area contributed by atoms with Gasteiger partial charge in [0.15, 0.2) is 0 Å². The van der Waals surface area contributed by atoms with E-state index in [9.17, 15) is 4.79 Å². The van der Waals surface area contributed by atoms with E-state index in [1.54, 1.807) is 13.2 Å². The van der Waals surface area contributed by atoms with Crippen molar-refractivity contribution >= 4 is 17.4 Å². The summed E-state index contributed by atoms with van der Waals surface area (Å²) in [6.45, 7) is 5.73. The molecule has 0 spiro atoms. The van der Waals surface area contributed by atoms with E-state index in [-0.39, 0.29) is 5.91 Å². The third kappa shape index (κ3) is 4.04. The molecule has 0 radical (unpaired) electrons. The van der Waals surface area contributed by atoms with E-state index in [1.165, 1.54) is 6.33 Å². The molecule has 7 heteroatoms. The maximum atomic E-state index is 12.8. The second kappa shape index (κ2) is 8.51. The highest BCUT2D eigenvalue weighted by atomic mass is 16.5. The number of nitrogens with one attached hydrogen (secondary N) is 1. The second-order valence-corrected chi connectivity index (χ2v) is 6.17. The van der Waals surface area contributed by atoms with Gasteiger partial charge in [0.2, 0.25) is 0 Å². The van der Waals surface area contributed by atoms with Crippen molar-refractivity contribution < 1.29 is 9.53 Å². The van der Waals surface area contributed by atoms with Gasteiger partial charge in [0.1, 0.15) is 23.6 Å². The van der Waals surface area contributed by atoms with Gasteiger partial charge in [-0.25, -0.2) is 9.97 Å². The molecule has 1 saturated heterocycles. The zero-order valence-corrected chi connectivity index (χ0v) is 15.3. The van der Waals surface area contributed by atoms with Gasteiger partial charge in [0.25, 0.3) is 5.91 Å². The van der Waals surface area contributed by atoms with E-state index in [0.717, 1.165) is 37.5 Å². The molecule has 1 aliphatic rings. The molecule has 1 fully saturated rings. The molecule has 0 saturated carbocycles. The molecule has 1 aromatic heterocycles. The van der Waals surface area contributed by atoms with E-state index < -0.39 is 0 Å². The van der Waals surface area contributed by atoms with Gasteiger partial charge in [0, 0.05) is 38.8 Å². The Morgan fingerprint density at radius 1 is 1.19 bits per heavy atom. The number of piperazine rings is 1. The number of para-hydroxylation sites is 2. The Bertz CT molecular complexity index is 744. The van der Waals surface area contributed by atoms with Crippen LogP contribution in [-0.2, 0) is 0 Å². The lowest BCUT2D eigenvalue weighted by molar-refractivity contribution is 0.0740. The number of amides is 1. The van der Waals surface area contributed by atoms with Crippen molar-refractivity contribution in [3.8, 4) is 5.75 Å². The summed E-state index contributed by atoms with van der Waals surface area (Å²) in [6, 6.07) is 9.69. The Kier molecular flexibility index (Phi) is 5.88. The smallest absolute Gasteiger partial charge is 0.272 e. The average molecular weight is 355 g/mol. The van der Waals surface area contributed by atoms with Gasteiger partial charge < -0.3 is 19.9 Å². The van der Waals surface area contributed by atoms with Crippen molar-refractivity contribution in [3.05, 3.63) is 42.4 Å². The van der Waals surface area contributed by atoms with Crippen LogP contribution in [0.15, 0.2) is 36.7 Å². The summed E-state index contributed by atoms with van der Waals surface area (Å²) in [5.74, 6) is 1.50. The first kappa shape index (κ1) is 18.0. The topological polar surface area (TPSA) is 70.6 Å². The van der Waals surface area contributed by atoms with Crippen molar-refractivity contribution in [2.24, 2.45) is 0 Å². The minimum atomic E-state index is -0.0494. The molecule has 0 bridgehead atoms. The van der Waals surface area contributed by atoms with Crippen LogP contribution in [0, 0.1) is 0 Å². The van der Waals surface area contributed by atoms with Crippen molar-refractivity contribution in [1.29, 1.82) is 0 Å². The highest BCUT2D eigenvalue weighted by Gasteiger charge is 2.24. The number of aromatic nitrogens is 2. The molecule has 3 rings (SSSR count). The zero-order chi connectivity index (χ0) is 18.4. The van der Waals surface area contributed by atoms with Crippen LogP contribution in [0.1, 0.15) is 23.8 Å². The number of carbonyl (C=O) groups excluding carboxylic acids is 1. The number of anilines is 2. The molecule has 0 aliphatic carbocycles. The van der Waals surface area contributed by atoms with Crippen LogP contribution in [-0.4, -0.2) is 60.6 Å². The van der Waals surface area contributed by atoms with Gasteiger partial charge in [-0.1, -0.05) is 19.1 Å². The second-order valence-electron chi connectivity index (χ2n) is 6.17. The standard InChI is InChI=1S/C19H25N5O2/c1-3-8-20-18-13-15(21-14-22-18)19(25)24-11-9-23(10-12-24)16-6-4-5-7-17(16)26-2/h4-7,13-14H,3,8-12H2,1-2H3,(H,20,21,22). The molecule has 26 heavy (non-hydrogen) atoms. The number of benzene rings is 1. The van der Waals surface area contributed by atoms with E-state index in [1.807, 2.05) is 29.2 Å². The first-order valence-corrected chi connectivity index (χ1v) is 8.96. The van der Waals surface area contributed by atoms with Crippen LogP contribution in [0.2, 0.25) is 0 Å². The Labute approximate surface area is 154 Å². The maximum absolute atomic E-state index is 12.8. The number of methoxy groups -OCH3 is 1. The van der Waals surface area contributed by atoms with Crippen LogP contribution < -0.4 is 15.0 Å². The van der Waals surface area contributed by atoms with E-state index in [4.69, 9.17) is 4.74 Å². The molecule has 2 aromatic rings. The molecular weight excluding hydrogens is 330 g/mol. The number of hydrogen-bond donors (Lipinski definition) is 1. The summed E-state index contributed by atoms with van der Waals surface area (Å²) in [4.78, 5) is 25.2. The van der Waals surface area contributed by atoms with Gasteiger partial charge in [0.05, 0.1) is 12.8 Å². The molecule has 1 aliphatic heterocycles. The van der Waals surface area contributed by atoms with Gasteiger partial charge in [-0.2, -0.15) is 0 Å². The highest BCUT2D eigenvalue weighted by molar-refractivity contribution is 5.93. The third-order valence-electron chi connectivity index (χ3n) is 4.44. The van der Waals surface area contributed by atoms with Crippen LogP contribution in [0.3, 0.4) is 0 Å². The van der Waals surface area contributed by atoms with E-state index in [2.05, 4.69) is 27.1 Å². The van der Waals surface area contributed by atoms with Crippen molar-refractivity contribution in [2.75, 3.05) is 50.1 Å². The lowest BCUT2D eigenvalue weighted by atomic mass is 10.2. The monoisotopic (exact) mass is 355 g/mol. The minimum Gasteiger partial charge on any atom is -0.495 e.